The highest BCUT2D eigenvalue weighted by Gasteiger charge is 2.18. The second kappa shape index (κ2) is 10.7. The van der Waals surface area contributed by atoms with E-state index in [9.17, 15) is 14.4 Å². The van der Waals surface area contributed by atoms with Gasteiger partial charge in [0.15, 0.2) is 0 Å². The first-order chi connectivity index (χ1) is 13.5. The van der Waals surface area contributed by atoms with Crippen LogP contribution in [-0.2, 0) is 16.0 Å². The maximum absolute atomic E-state index is 12.1. The fourth-order valence-electron chi connectivity index (χ4n) is 2.63. The first-order valence-corrected chi connectivity index (χ1v) is 9.04. The SMILES string of the molecule is COc1ccc(C(=O)NCCCC(=O)NC(Cc2ccccc2)C(N)=O)cc1. The second-order valence-corrected chi connectivity index (χ2v) is 6.30. The average molecular weight is 383 g/mol. The van der Waals surface area contributed by atoms with Gasteiger partial charge in [-0.25, -0.2) is 0 Å². The lowest BCUT2D eigenvalue weighted by molar-refractivity contribution is -0.127. The monoisotopic (exact) mass is 383 g/mol. The number of hydrogen-bond donors (Lipinski definition) is 3. The molecule has 4 N–H and O–H groups in total. The van der Waals surface area contributed by atoms with Crippen LogP contribution in [0.25, 0.3) is 0 Å². The summed E-state index contributed by atoms with van der Waals surface area (Å²) in [6, 6.07) is 15.3. The lowest BCUT2D eigenvalue weighted by Crippen LogP contribution is -2.45. The van der Waals surface area contributed by atoms with Gasteiger partial charge in [-0.15, -0.1) is 0 Å². The number of ether oxygens (including phenoxy) is 1. The molecule has 3 amide bonds. The van der Waals surface area contributed by atoms with Crippen molar-refractivity contribution in [2.24, 2.45) is 5.73 Å². The molecule has 7 heteroatoms. The number of carbonyl (C=O) groups excluding carboxylic acids is 3. The van der Waals surface area contributed by atoms with Crippen molar-refractivity contribution < 1.29 is 19.1 Å². The number of nitrogens with one attached hydrogen (secondary N) is 2. The van der Waals surface area contributed by atoms with Crippen LogP contribution >= 0.6 is 0 Å². The molecule has 148 valence electrons. The van der Waals surface area contributed by atoms with Gasteiger partial charge in [0.25, 0.3) is 5.91 Å². The quantitative estimate of drug-likeness (QED) is 0.539. The van der Waals surface area contributed by atoms with Gasteiger partial charge < -0.3 is 21.1 Å². The van der Waals surface area contributed by atoms with Crippen LogP contribution < -0.4 is 21.1 Å². The van der Waals surface area contributed by atoms with E-state index >= 15 is 0 Å². The van der Waals surface area contributed by atoms with E-state index in [1.807, 2.05) is 30.3 Å². The largest absolute Gasteiger partial charge is 0.497 e. The molecular weight excluding hydrogens is 358 g/mol. The van der Waals surface area contributed by atoms with Crippen LogP contribution in [0.2, 0.25) is 0 Å². The van der Waals surface area contributed by atoms with Crippen molar-refractivity contribution in [1.82, 2.24) is 10.6 Å². The molecule has 0 aliphatic carbocycles. The van der Waals surface area contributed by atoms with Gasteiger partial charge in [0, 0.05) is 24.9 Å². The number of amides is 3. The third-order valence-electron chi connectivity index (χ3n) is 4.18. The Morgan fingerprint density at radius 2 is 1.71 bits per heavy atom. The average Bonchev–Trinajstić information content (AvgIpc) is 2.71. The zero-order chi connectivity index (χ0) is 20.4. The van der Waals surface area contributed by atoms with Crippen LogP contribution in [0.1, 0.15) is 28.8 Å². The summed E-state index contributed by atoms with van der Waals surface area (Å²) in [5, 5.41) is 5.41. The molecule has 1 unspecified atom stereocenters. The maximum Gasteiger partial charge on any atom is 0.251 e. The highest BCUT2D eigenvalue weighted by molar-refractivity contribution is 5.94. The summed E-state index contributed by atoms with van der Waals surface area (Å²) in [7, 11) is 1.56. The molecule has 2 aromatic carbocycles. The molecule has 0 aromatic heterocycles. The Bertz CT molecular complexity index is 791. The van der Waals surface area contributed by atoms with Crippen LogP contribution in [0.15, 0.2) is 54.6 Å². The lowest BCUT2D eigenvalue weighted by atomic mass is 10.1. The van der Waals surface area contributed by atoms with Crippen molar-refractivity contribution in [3.63, 3.8) is 0 Å². The Morgan fingerprint density at radius 1 is 1.04 bits per heavy atom. The van der Waals surface area contributed by atoms with Gasteiger partial charge in [0.05, 0.1) is 7.11 Å². The standard InChI is InChI=1S/C21H25N3O4/c1-28-17-11-9-16(10-12-17)21(27)23-13-5-8-19(25)24-18(20(22)26)14-15-6-3-2-4-7-15/h2-4,6-7,9-12,18H,5,8,13-14H2,1H3,(H2,22,26)(H,23,27)(H,24,25). The first kappa shape index (κ1) is 21.0. The van der Waals surface area contributed by atoms with E-state index < -0.39 is 11.9 Å². The molecule has 0 spiro atoms. The topological polar surface area (TPSA) is 111 Å². The number of methoxy groups -OCH3 is 1. The molecule has 0 radical (unpaired) electrons. The summed E-state index contributed by atoms with van der Waals surface area (Å²) in [4.78, 5) is 35.7. The predicted molar refractivity (Wildman–Crippen MR) is 106 cm³/mol. The molecule has 2 aromatic rings. The smallest absolute Gasteiger partial charge is 0.251 e. The van der Waals surface area contributed by atoms with Crippen molar-refractivity contribution in [3.8, 4) is 5.75 Å². The molecule has 0 fully saturated rings. The third-order valence-corrected chi connectivity index (χ3v) is 4.18. The molecule has 0 aliphatic rings. The Kier molecular flexibility index (Phi) is 8.02. The molecular formula is C21H25N3O4. The van der Waals surface area contributed by atoms with Crippen molar-refractivity contribution in [1.29, 1.82) is 0 Å². The third kappa shape index (κ3) is 6.75. The Morgan fingerprint density at radius 3 is 2.32 bits per heavy atom. The van der Waals surface area contributed by atoms with E-state index in [0.717, 1.165) is 5.56 Å². The minimum absolute atomic E-state index is 0.182. The molecule has 28 heavy (non-hydrogen) atoms. The number of rotatable bonds is 10. The Hall–Kier alpha value is -3.35. The van der Waals surface area contributed by atoms with Crippen molar-refractivity contribution in [3.05, 3.63) is 65.7 Å². The van der Waals surface area contributed by atoms with Crippen LogP contribution in [0.4, 0.5) is 0 Å². The van der Waals surface area contributed by atoms with Crippen LogP contribution in [0.3, 0.4) is 0 Å². The zero-order valence-electron chi connectivity index (χ0n) is 15.8. The molecule has 7 nitrogen and oxygen atoms in total. The molecule has 0 aliphatic heterocycles. The molecule has 0 bridgehead atoms. The fraction of sp³-hybridized carbons (Fsp3) is 0.286. The van der Waals surface area contributed by atoms with E-state index in [-0.39, 0.29) is 18.2 Å². The normalized spacial score (nSPS) is 11.3. The van der Waals surface area contributed by atoms with Gasteiger partial charge in [-0.3, -0.25) is 14.4 Å². The summed E-state index contributed by atoms with van der Waals surface area (Å²) >= 11 is 0. The Labute approximate surface area is 164 Å². The van der Waals surface area contributed by atoms with Gasteiger partial charge >= 0.3 is 0 Å². The summed E-state index contributed by atoms with van der Waals surface area (Å²) in [6.45, 7) is 0.345. The number of benzene rings is 2. The van der Waals surface area contributed by atoms with E-state index in [1.54, 1.807) is 31.4 Å². The number of primary amides is 1. The lowest BCUT2D eigenvalue weighted by Gasteiger charge is -2.15. The van der Waals surface area contributed by atoms with Gasteiger partial charge in [-0.2, -0.15) is 0 Å². The summed E-state index contributed by atoms with van der Waals surface area (Å²) < 4.78 is 5.05. The van der Waals surface area contributed by atoms with Gasteiger partial charge in [0.1, 0.15) is 11.8 Å². The Balaban J connectivity index is 1.73. The van der Waals surface area contributed by atoms with E-state index in [1.165, 1.54) is 0 Å². The summed E-state index contributed by atoms with van der Waals surface area (Å²) in [5.41, 5.74) is 6.82. The minimum atomic E-state index is -0.760. The van der Waals surface area contributed by atoms with Crippen molar-refractivity contribution >= 4 is 17.7 Å². The minimum Gasteiger partial charge on any atom is -0.497 e. The van der Waals surface area contributed by atoms with Crippen LogP contribution in [0, 0.1) is 0 Å². The zero-order valence-corrected chi connectivity index (χ0v) is 15.8. The van der Waals surface area contributed by atoms with E-state index in [0.29, 0.717) is 30.7 Å². The molecule has 1 atom stereocenters. The highest BCUT2D eigenvalue weighted by atomic mass is 16.5. The van der Waals surface area contributed by atoms with E-state index in [2.05, 4.69) is 10.6 Å². The van der Waals surface area contributed by atoms with Crippen LogP contribution in [-0.4, -0.2) is 37.4 Å². The van der Waals surface area contributed by atoms with Crippen LogP contribution in [0.5, 0.6) is 5.75 Å². The molecule has 0 saturated carbocycles. The van der Waals surface area contributed by atoms with Crippen molar-refractivity contribution in [2.75, 3.05) is 13.7 Å². The highest BCUT2D eigenvalue weighted by Crippen LogP contribution is 2.11. The van der Waals surface area contributed by atoms with Crippen molar-refractivity contribution in [2.45, 2.75) is 25.3 Å². The number of nitrogens with two attached hydrogens (primary N) is 1. The summed E-state index contributed by atoms with van der Waals surface area (Å²) in [5.74, 6) is -0.404. The van der Waals surface area contributed by atoms with Gasteiger partial charge in [0.2, 0.25) is 11.8 Å². The van der Waals surface area contributed by atoms with E-state index in [4.69, 9.17) is 10.5 Å². The fourth-order valence-corrected chi connectivity index (χ4v) is 2.63. The predicted octanol–water partition coefficient (Wildman–Crippen LogP) is 1.42. The molecule has 2 rings (SSSR count). The number of hydrogen-bond acceptors (Lipinski definition) is 4. The van der Waals surface area contributed by atoms with Gasteiger partial charge in [-0.1, -0.05) is 30.3 Å². The first-order valence-electron chi connectivity index (χ1n) is 9.04. The number of carbonyl (C=O) groups is 3. The second-order valence-electron chi connectivity index (χ2n) is 6.30. The summed E-state index contributed by atoms with van der Waals surface area (Å²) in [6.07, 6.45) is 0.974. The maximum atomic E-state index is 12.1. The molecule has 0 heterocycles. The molecule has 0 saturated heterocycles. The van der Waals surface area contributed by atoms with Gasteiger partial charge in [-0.05, 0) is 36.2 Å².